The Morgan fingerprint density at radius 3 is 2.50 bits per heavy atom. The minimum Gasteiger partial charge on any atom is -0.303 e. The van der Waals surface area contributed by atoms with E-state index in [1.165, 1.54) is 13.0 Å². The first-order chi connectivity index (χ1) is 12.9. The number of benzene rings is 1. The lowest BCUT2D eigenvalue weighted by molar-refractivity contribution is -0.141. The normalized spacial score (nSPS) is 13.0. The first kappa shape index (κ1) is 21.7. The predicted molar refractivity (Wildman–Crippen MR) is 91.3 cm³/mol. The van der Waals surface area contributed by atoms with E-state index in [2.05, 4.69) is 9.97 Å². The molecular formula is C16H11ClF4N4O2S. The molecule has 0 amide bonds. The molecule has 2 rings (SSSR count). The van der Waals surface area contributed by atoms with Crippen LogP contribution in [0.4, 0.5) is 17.6 Å². The number of alkyl halides is 3. The highest BCUT2D eigenvalue weighted by atomic mass is 35.5. The van der Waals surface area contributed by atoms with Gasteiger partial charge in [-0.2, -0.15) is 18.4 Å². The van der Waals surface area contributed by atoms with Crippen LogP contribution in [0.1, 0.15) is 30.6 Å². The molecule has 0 aliphatic rings. The molecule has 0 radical (unpaired) electrons. The molecule has 0 aliphatic heterocycles. The van der Waals surface area contributed by atoms with Crippen LogP contribution >= 0.6 is 11.6 Å². The fourth-order valence-corrected chi connectivity index (χ4v) is 4.12. The molecule has 0 aliphatic carbocycles. The number of sulfone groups is 1. The van der Waals surface area contributed by atoms with Crippen molar-refractivity contribution in [2.24, 2.45) is 0 Å². The Kier molecular flexibility index (Phi) is 6.06. The molecule has 1 aromatic heterocycles. The quantitative estimate of drug-likeness (QED) is 0.437. The topological polar surface area (TPSA) is 108 Å². The molecule has 12 heteroatoms. The number of hydrogen-bond donors (Lipinski definition) is 1. The summed E-state index contributed by atoms with van der Waals surface area (Å²) in [6.45, 7) is 1.22. The van der Waals surface area contributed by atoms with Gasteiger partial charge in [0.2, 0.25) is 5.82 Å². The Labute approximate surface area is 162 Å². The number of hydrogen-bond acceptors (Lipinski definition) is 6. The molecule has 0 saturated carbocycles. The van der Waals surface area contributed by atoms with Gasteiger partial charge in [0.1, 0.15) is 17.6 Å². The summed E-state index contributed by atoms with van der Waals surface area (Å²) in [6, 6.07) is 4.51. The Morgan fingerprint density at radius 2 is 1.96 bits per heavy atom. The van der Waals surface area contributed by atoms with E-state index >= 15 is 0 Å². The fourth-order valence-electron chi connectivity index (χ4n) is 2.22. The van der Waals surface area contributed by atoms with Crippen molar-refractivity contribution in [2.45, 2.75) is 29.7 Å². The molecule has 6 nitrogen and oxygen atoms in total. The molecule has 0 saturated heterocycles. The smallest absolute Gasteiger partial charge is 0.303 e. The van der Waals surface area contributed by atoms with Crippen molar-refractivity contribution in [1.82, 2.24) is 9.97 Å². The molecule has 148 valence electrons. The number of nitrogens with zero attached hydrogens (tertiary/aromatic N) is 3. The second-order valence-electron chi connectivity index (χ2n) is 5.68. The lowest BCUT2D eigenvalue weighted by Crippen LogP contribution is -2.23. The van der Waals surface area contributed by atoms with Gasteiger partial charge in [-0.15, -0.1) is 0 Å². The summed E-state index contributed by atoms with van der Waals surface area (Å²) in [6.07, 6.45) is -5.39. The summed E-state index contributed by atoms with van der Waals surface area (Å²) in [7, 11) is -4.11. The Morgan fingerprint density at radius 1 is 1.32 bits per heavy atom. The summed E-state index contributed by atoms with van der Waals surface area (Å²) < 4.78 is 77.0. The summed E-state index contributed by atoms with van der Waals surface area (Å²) in [4.78, 5) is 6.20. The molecule has 1 atom stereocenters. The van der Waals surface area contributed by atoms with Crippen LogP contribution in [0.15, 0.2) is 29.2 Å². The van der Waals surface area contributed by atoms with Gasteiger partial charge >= 0.3 is 6.18 Å². The standard InChI is InChI=1S/C16H11ClF4N4O2S/c1-8(28(26,27)13-3-2-9(18)5-10(13)17)4-11(23)12-6-14(16(19,20)21)25-15(7-22)24-12/h2-3,5-6,8,23H,4H2,1H3/t8-/m0/s1. The molecule has 28 heavy (non-hydrogen) atoms. The molecular weight excluding hydrogens is 424 g/mol. The van der Waals surface area contributed by atoms with E-state index in [9.17, 15) is 26.0 Å². The van der Waals surface area contributed by atoms with Gasteiger partial charge < -0.3 is 5.41 Å². The van der Waals surface area contributed by atoms with Gasteiger partial charge in [0.25, 0.3) is 0 Å². The van der Waals surface area contributed by atoms with Crippen LogP contribution in [-0.4, -0.2) is 29.3 Å². The van der Waals surface area contributed by atoms with E-state index in [0.717, 1.165) is 18.2 Å². The molecule has 0 unspecified atom stereocenters. The summed E-state index contributed by atoms with van der Waals surface area (Å²) in [5, 5.41) is 15.1. The van der Waals surface area contributed by atoms with E-state index in [0.29, 0.717) is 6.07 Å². The zero-order valence-corrected chi connectivity index (χ0v) is 15.6. The third-order valence-corrected chi connectivity index (χ3v) is 6.27. The number of nitrogens with one attached hydrogen (secondary N) is 1. The molecule has 0 bridgehead atoms. The van der Waals surface area contributed by atoms with Crippen LogP contribution in [0.25, 0.3) is 0 Å². The summed E-state index contributed by atoms with van der Waals surface area (Å²) in [5.74, 6) is -1.54. The maximum Gasteiger partial charge on any atom is 0.433 e. The van der Waals surface area contributed by atoms with Crippen LogP contribution in [0.3, 0.4) is 0 Å². The Hall–Kier alpha value is -2.58. The first-order valence-corrected chi connectivity index (χ1v) is 9.41. The van der Waals surface area contributed by atoms with Crippen LogP contribution in [0, 0.1) is 22.6 Å². The van der Waals surface area contributed by atoms with Crippen molar-refractivity contribution in [3.05, 3.63) is 52.3 Å². The molecule has 1 N–H and O–H groups in total. The molecule has 1 aromatic carbocycles. The highest BCUT2D eigenvalue weighted by Crippen LogP contribution is 2.29. The van der Waals surface area contributed by atoms with Gasteiger partial charge in [-0.3, -0.25) is 0 Å². The zero-order valence-electron chi connectivity index (χ0n) is 14.1. The van der Waals surface area contributed by atoms with Gasteiger partial charge in [-0.25, -0.2) is 22.8 Å². The van der Waals surface area contributed by atoms with Crippen LogP contribution in [-0.2, 0) is 16.0 Å². The van der Waals surface area contributed by atoms with Crippen molar-refractivity contribution in [3.8, 4) is 6.07 Å². The number of aromatic nitrogens is 2. The summed E-state index contributed by atoms with van der Waals surface area (Å²) >= 11 is 5.77. The third-order valence-electron chi connectivity index (χ3n) is 3.65. The van der Waals surface area contributed by atoms with Crippen molar-refractivity contribution >= 4 is 27.1 Å². The highest BCUT2D eigenvalue weighted by Gasteiger charge is 2.34. The van der Waals surface area contributed by atoms with E-state index < -0.39 is 56.4 Å². The van der Waals surface area contributed by atoms with Gasteiger partial charge in [0.15, 0.2) is 9.84 Å². The summed E-state index contributed by atoms with van der Waals surface area (Å²) in [5.41, 5.74) is -2.49. The van der Waals surface area contributed by atoms with Crippen LogP contribution in [0.5, 0.6) is 0 Å². The Balaban J connectivity index is 2.35. The van der Waals surface area contributed by atoms with E-state index in [1.807, 2.05) is 0 Å². The van der Waals surface area contributed by atoms with Crippen molar-refractivity contribution in [2.75, 3.05) is 0 Å². The van der Waals surface area contributed by atoms with Crippen molar-refractivity contribution < 1.29 is 26.0 Å². The lowest BCUT2D eigenvalue weighted by Gasteiger charge is -2.15. The predicted octanol–water partition coefficient (Wildman–Crippen LogP) is 3.78. The molecule has 2 aromatic rings. The van der Waals surface area contributed by atoms with Gasteiger partial charge in [-0.05, 0) is 31.2 Å². The first-order valence-electron chi connectivity index (χ1n) is 7.49. The minimum atomic E-state index is -4.87. The zero-order chi connectivity index (χ0) is 21.3. The van der Waals surface area contributed by atoms with Gasteiger partial charge in [0, 0.05) is 6.42 Å². The average Bonchev–Trinajstić information content (AvgIpc) is 2.59. The van der Waals surface area contributed by atoms with E-state index in [1.54, 1.807) is 0 Å². The van der Waals surface area contributed by atoms with E-state index in [-0.39, 0.29) is 9.92 Å². The van der Waals surface area contributed by atoms with Gasteiger partial charge in [0.05, 0.1) is 26.6 Å². The monoisotopic (exact) mass is 434 g/mol. The second-order valence-corrected chi connectivity index (χ2v) is 8.43. The largest absolute Gasteiger partial charge is 0.433 e. The second kappa shape index (κ2) is 7.81. The lowest BCUT2D eigenvalue weighted by atomic mass is 10.1. The van der Waals surface area contributed by atoms with Gasteiger partial charge in [-0.1, -0.05) is 11.6 Å². The minimum absolute atomic E-state index is 0.355. The Bertz CT molecular complexity index is 1080. The number of rotatable bonds is 5. The van der Waals surface area contributed by atoms with Crippen LogP contribution in [0.2, 0.25) is 5.02 Å². The highest BCUT2D eigenvalue weighted by molar-refractivity contribution is 7.92. The van der Waals surface area contributed by atoms with E-state index in [4.69, 9.17) is 22.3 Å². The number of halogens is 5. The SMILES string of the molecule is C[C@@H](CC(=N)c1cc(C(F)(F)F)nc(C#N)n1)S(=O)(=O)c1ccc(F)cc1Cl. The molecule has 0 fully saturated rings. The maximum atomic E-state index is 13.1. The van der Waals surface area contributed by atoms with Crippen LogP contribution < -0.4 is 0 Å². The van der Waals surface area contributed by atoms with Crippen molar-refractivity contribution in [3.63, 3.8) is 0 Å². The third kappa shape index (κ3) is 4.63. The maximum absolute atomic E-state index is 13.1. The van der Waals surface area contributed by atoms with Crippen molar-refractivity contribution in [1.29, 1.82) is 10.7 Å². The molecule has 1 heterocycles. The molecule has 0 spiro atoms. The fraction of sp³-hybridized carbons (Fsp3) is 0.250. The number of nitriles is 1. The average molecular weight is 435 g/mol.